The first-order valence-corrected chi connectivity index (χ1v) is 8.45. The lowest BCUT2D eigenvalue weighted by Gasteiger charge is -2.07. The lowest BCUT2D eigenvalue weighted by Crippen LogP contribution is -2.25. The molecule has 1 saturated carbocycles. The number of para-hydroxylation sites is 1. The molecule has 1 aliphatic carbocycles. The maximum absolute atomic E-state index is 12.3. The van der Waals surface area contributed by atoms with Crippen molar-refractivity contribution in [1.29, 1.82) is 0 Å². The second-order valence-electron chi connectivity index (χ2n) is 6.22. The summed E-state index contributed by atoms with van der Waals surface area (Å²) in [5, 5.41) is 6.37. The number of carbonyl (C=O) groups is 2. The van der Waals surface area contributed by atoms with Gasteiger partial charge >= 0.3 is 0 Å². The maximum Gasteiger partial charge on any atom is 0.262 e. The molecule has 0 bridgehead atoms. The van der Waals surface area contributed by atoms with Crippen molar-refractivity contribution in [2.45, 2.75) is 18.9 Å². The van der Waals surface area contributed by atoms with Crippen molar-refractivity contribution >= 4 is 28.5 Å². The van der Waals surface area contributed by atoms with Gasteiger partial charge in [-0.05, 0) is 31.0 Å². The number of hydrogen-bond acceptors (Lipinski definition) is 4. The summed E-state index contributed by atoms with van der Waals surface area (Å²) in [7, 11) is 0. The van der Waals surface area contributed by atoms with Crippen molar-refractivity contribution in [2.24, 2.45) is 0 Å². The van der Waals surface area contributed by atoms with Gasteiger partial charge in [-0.25, -0.2) is 4.98 Å². The summed E-state index contributed by atoms with van der Waals surface area (Å²) >= 11 is 0. The molecule has 0 spiro atoms. The number of ether oxygens (including phenoxy) is 1. The number of nitrogens with one attached hydrogen (secondary N) is 3. The molecule has 2 heterocycles. The fourth-order valence-corrected chi connectivity index (χ4v) is 2.61. The summed E-state index contributed by atoms with van der Waals surface area (Å²) in [6.45, 7) is -0.107. The second-order valence-corrected chi connectivity index (χ2v) is 6.22. The number of carbonyl (C=O) groups excluding carboxylic acids is 2. The lowest BCUT2D eigenvalue weighted by molar-refractivity contribution is -0.118. The third kappa shape index (κ3) is 3.66. The molecule has 2 aromatic heterocycles. The van der Waals surface area contributed by atoms with E-state index in [9.17, 15) is 9.59 Å². The van der Waals surface area contributed by atoms with Gasteiger partial charge in [-0.1, -0.05) is 18.2 Å². The predicted molar refractivity (Wildman–Crippen MR) is 97.1 cm³/mol. The molecule has 0 unspecified atom stereocenters. The Balaban J connectivity index is 1.44. The normalized spacial score (nSPS) is 13.4. The van der Waals surface area contributed by atoms with E-state index in [4.69, 9.17) is 4.74 Å². The molecular formula is C19H18N4O3. The highest BCUT2D eigenvalue weighted by atomic mass is 16.5. The molecule has 4 rings (SSSR count). The second kappa shape index (κ2) is 6.87. The van der Waals surface area contributed by atoms with E-state index in [1.54, 1.807) is 30.6 Å². The van der Waals surface area contributed by atoms with Crippen molar-refractivity contribution in [3.63, 3.8) is 0 Å². The highest BCUT2D eigenvalue weighted by Crippen LogP contribution is 2.23. The molecule has 7 nitrogen and oxygen atoms in total. The van der Waals surface area contributed by atoms with Crippen LogP contribution in [0.5, 0.6) is 5.75 Å². The van der Waals surface area contributed by atoms with Gasteiger partial charge in [0.05, 0.1) is 17.4 Å². The van der Waals surface area contributed by atoms with Crippen molar-refractivity contribution in [2.75, 3.05) is 11.9 Å². The van der Waals surface area contributed by atoms with Crippen LogP contribution in [0.15, 0.2) is 48.8 Å². The molecule has 3 N–H and O–H groups in total. The smallest absolute Gasteiger partial charge is 0.262 e. The maximum atomic E-state index is 12.3. The van der Waals surface area contributed by atoms with Gasteiger partial charge in [-0.3, -0.25) is 9.59 Å². The predicted octanol–water partition coefficient (Wildman–Crippen LogP) is 2.47. The van der Waals surface area contributed by atoms with Gasteiger partial charge in [0, 0.05) is 17.6 Å². The minimum atomic E-state index is -0.297. The number of hydrogen-bond donors (Lipinski definition) is 3. The minimum Gasteiger partial charge on any atom is -0.484 e. The largest absolute Gasteiger partial charge is 0.484 e. The Labute approximate surface area is 149 Å². The Morgan fingerprint density at radius 2 is 2.04 bits per heavy atom. The zero-order valence-electron chi connectivity index (χ0n) is 14.0. The summed E-state index contributed by atoms with van der Waals surface area (Å²) in [5.41, 5.74) is 1.64. The molecule has 3 aromatic rings. The fourth-order valence-electron chi connectivity index (χ4n) is 2.61. The molecule has 0 aliphatic heterocycles. The van der Waals surface area contributed by atoms with Crippen LogP contribution in [0.4, 0.5) is 5.69 Å². The first kappa shape index (κ1) is 16.1. The number of fused-ring (bicyclic) bond motifs is 1. The molecule has 1 aliphatic rings. The monoisotopic (exact) mass is 350 g/mol. The number of amides is 2. The third-order valence-corrected chi connectivity index (χ3v) is 4.09. The average molecular weight is 350 g/mol. The molecule has 132 valence electrons. The van der Waals surface area contributed by atoms with Gasteiger partial charge in [0.1, 0.15) is 11.4 Å². The number of pyridine rings is 1. The van der Waals surface area contributed by atoms with E-state index in [-0.39, 0.29) is 24.5 Å². The number of aromatic nitrogens is 2. The van der Waals surface area contributed by atoms with Crippen LogP contribution in [0.25, 0.3) is 11.0 Å². The highest BCUT2D eigenvalue weighted by Gasteiger charge is 2.25. The number of aromatic amines is 1. The van der Waals surface area contributed by atoms with Crippen LogP contribution in [-0.4, -0.2) is 34.4 Å². The summed E-state index contributed by atoms with van der Waals surface area (Å²) in [4.78, 5) is 31.6. The Hall–Kier alpha value is -3.35. The van der Waals surface area contributed by atoms with E-state index in [2.05, 4.69) is 20.6 Å². The van der Waals surface area contributed by atoms with E-state index in [0.29, 0.717) is 28.0 Å². The zero-order chi connectivity index (χ0) is 17.9. The van der Waals surface area contributed by atoms with E-state index < -0.39 is 0 Å². The molecule has 26 heavy (non-hydrogen) atoms. The van der Waals surface area contributed by atoms with Crippen molar-refractivity contribution in [3.05, 3.63) is 54.4 Å². The third-order valence-electron chi connectivity index (χ3n) is 4.09. The molecule has 1 aromatic carbocycles. The van der Waals surface area contributed by atoms with Crippen molar-refractivity contribution < 1.29 is 14.3 Å². The quantitative estimate of drug-likeness (QED) is 0.636. The minimum absolute atomic E-state index is 0.107. The number of nitrogens with zero attached hydrogens (tertiary/aromatic N) is 1. The Morgan fingerprint density at radius 3 is 2.81 bits per heavy atom. The number of benzene rings is 1. The number of rotatable bonds is 6. The topological polar surface area (TPSA) is 96.1 Å². The van der Waals surface area contributed by atoms with Crippen LogP contribution in [0, 0.1) is 0 Å². The van der Waals surface area contributed by atoms with Gasteiger partial charge in [-0.15, -0.1) is 0 Å². The van der Waals surface area contributed by atoms with E-state index in [1.165, 1.54) is 0 Å². The van der Waals surface area contributed by atoms with Crippen LogP contribution < -0.4 is 15.4 Å². The van der Waals surface area contributed by atoms with Gasteiger partial charge in [0.15, 0.2) is 6.61 Å². The first-order chi connectivity index (χ1) is 12.7. The molecular weight excluding hydrogens is 332 g/mol. The van der Waals surface area contributed by atoms with Crippen molar-refractivity contribution in [3.8, 4) is 5.75 Å². The van der Waals surface area contributed by atoms with Crippen LogP contribution in [0.2, 0.25) is 0 Å². The van der Waals surface area contributed by atoms with Crippen LogP contribution in [-0.2, 0) is 4.79 Å². The van der Waals surface area contributed by atoms with Gasteiger partial charge in [-0.2, -0.15) is 0 Å². The van der Waals surface area contributed by atoms with Crippen LogP contribution in [0.1, 0.15) is 23.2 Å². The standard InChI is InChI=1S/C19H18N4O3/c24-17(11-26-14-4-2-1-3-5-14)22-13-8-15-16(10-21-18(15)20-9-13)19(25)23-12-6-7-12/h1-5,8-10,12H,6-7,11H2,(H,20,21)(H,22,24)(H,23,25). The number of H-pyrrole nitrogens is 1. The van der Waals surface area contributed by atoms with Crippen molar-refractivity contribution in [1.82, 2.24) is 15.3 Å². The average Bonchev–Trinajstić information content (AvgIpc) is 3.36. The molecule has 2 amide bonds. The lowest BCUT2D eigenvalue weighted by atomic mass is 10.2. The zero-order valence-corrected chi connectivity index (χ0v) is 14.0. The molecule has 7 heteroatoms. The Bertz CT molecular complexity index is 948. The molecule has 0 atom stereocenters. The van der Waals surface area contributed by atoms with Crippen LogP contribution in [0.3, 0.4) is 0 Å². The van der Waals surface area contributed by atoms with Crippen LogP contribution >= 0.6 is 0 Å². The van der Waals surface area contributed by atoms with Gasteiger partial charge < -0.3 is 20.4 Å². The number of anilines is 1. The Kier molecular flexibility index (Phi) is 4.27. The summed E-state index contributed by atoms with van der Waals surface area (Å²) in [6, 6.07) is 11.1. The fraction of sp³-hybridized carbons (Fsp3) is 0.211. The Morgan fingerprint density at radius 1 is 1.23 bits per heavy atom. The van der Waals surface area contributed by atoms with E-state index in [0.717, 1.165) is 12.8 Å². The first-order valence-electron chi connectivity index (χ1n) is 8.45. The van der Waals surface area contributed by atoms with E-state index >= 15 is 0 Å². The van der Waals surface area contributed by atoms with Gasteiger partial charge in [0.2, 0.25) is 0 Å². The summed E-state index contributed by atoms with van der Waals surface area (Å²) in [5.74, 6) is 0.201. The molecule has 0 saturated heterocycles. The summed E-state index contributed by atoms with van der Waals surface area (Å²) in [6.07, 6.45) is 5.23. The summed E-state index contributed by atoms with van der Waals surface area (Å²) < 4.78 is 5.42. The molecule has 1 fully saturated rings. The molecule has 0 radical (unpaired) electrons. The van der Waals surface area contributed by atoms with E-state index in [1.807, 2.05) is 18.2 Å². The van der Waals surface area contributed by atoms with Gasteiger partial charge in [0.25, 0.3) is 11.8 Å². The SMILES string of the molecule is O=C(COc1ccccc1)Nc1cnc2[nH]cc(C(=O)NC3CC3)c2c1. The highest BCUT2D eigenvalue weighted by molar-refractivity contribution is 6.07.